The standard InChI is InChI=1S/C22H30N6O/c1-27-15-18(13-25-27)22-20-11-17(12-23-21(20)14-24-26-22)16-3-5-19(6-4-16)28-7-2-9-29-10-8-28/h11-13,15-16,19,24H,2-10,14H2,1H3. The minimum Gasteiger partial charge on any atom is -0.380 e. The summed E-state index contributed by atoms with van der Waals surface area (Å²) in [6.45, 7) is 4.77. The van der Waals surface area contributed by atoms with Crippen LogP contribution < -0.4 is 5.43 Å². The number of nitrogens with zero attached hydrogens (tertiary/aromatic N) is 5. The molecule has 0 spiro atoms. The molecule has 154 valence electrons. The van der Waals surface area contributed by atoms with Gasteiger partial charge in [0.05, 0.1) is 25.0 Å². The van der Waals surface area contributed by atoms with E-state index < -0.39 is 0 Å². The van der Waals surface area contributed by atoms with Crippen molar-refractivity contribution in [3.63, 3.8) is 0 Å². The van der Waals surface area contributed by atoms with Gasteiger partial charge in [0, 0.05) is 56.3 Å². The van der Waals surface area contributed by atoms with Gasteiger partial charge < -0.3 is 10.2 Å². The maximum absolute atomic E-state index is 5.63. The first-order valence-corrected chi connectivity index (χ1v) is 10.9. The summed E-state index contributed by atoms with van der Waals surface area (Å²) in [6, 6.07) is 3.05. The Kier molecular flexibility index (Phi) is 5.33. The molecule has 1 N–H and O–H groups in total. The Morgan fingerprint density at radius 3 is 2.83 bits per heavy atom. The van der Waals surface area contributed by atoms with Gasteiger partial charge in [-0.2, -0.15) is 10.2 Å². The van der Waals surface area contributed by atoms with E-state index in [0.29, 0.717) is 12.5 Å². The van der Waals surface area contributed by atoms with Gasteiger partial charge in [-0.15, -0.1) is 0 Å². The Morgan fingerprint density at radius 1 is 1.10 bits per heavy atom. The second-order valence-electron chi connectivity index (χ2n) is 8.47. The lowest BCUT2D eigenvalue weighted by atomic mass is 9.81. The van der Waals surface area contributed by atoms with E-state index in [1.807, 2.05) is 24.1 Å². The average molecular weight is 395 g/mol. The molecule has 7 nitrogen and oxygen atoms in total. The van der Waals surface area contributed by atoms with Crippen LogP contribution in [-0.4, -0.2) is 57.7 Å². The summed E-state index contributed by atoms with van der Waals surface area (Å²) in [7, 11) is 1.94. The zero-order valence-corrected chi connectivity index (χ0v) is 17.2. The van der Waals surface area contributed by atoms with Gasteiger partial charge in [-0.05, 0) is 49.7 Å². The molecule has 0 radical (unpaired) electrons. The number of aromatic nitrogens is 3. The van der Waals surface area contributed by atoms with Crippen LogP contribution >= 0.6 is 0 Å². The van der Waals surface area contributed by atoms with Gasteiger partial charge in [-0.3, -0.25) is 14.6 Å². The highest BCUT2D eigenvalue weighted by molar-refractivity contribution is 6.13. The van der Waals surface area contributed by atoms with Gasteiger partial charge >= 0.3 is 0 Å². The van der Waals surface area contributed by atoms with Crippen LogP contribution in [0.3, 0.4) is 0 Å². The fraction of sp³-hybridized carbons (Fsp3) is 0.591. The van der Waals surface area contributed by atoms with Crippen molar-refractivity contribution in [2.24, 2.45) is 12.1 Å². The van der Waals surface area contributed by atoms with Crippen LogP contribution in [-0.2, 0) is 18.3 Å². The van der Waals surface area contributed by atoms with Crippen LogP contribution in [0, 0.1) is 0 Å². The molecule has 1 aliphatic carbocycles. The number of hydrazone groups is 1. The monoisotopic (exact) mass is 394 g/mol. The van der Waals surface area contributed by atoms with Gasteiger partial charge in [-0.1, -0.05) is 0 Å². The van der Waals surface area contributed by atoms with Crippen LogP contribution in [0.5, 0.6) is 0 Å². The van der Waals surface area contributed by atoms with Crippen LogP contribution in [0.25, 0.3) is 0 Å². The van der Waals surface area contributed by atoms with Crippen molar-refractivity contribution in [1.29, 1.82) is 0 Å². The molecule has 29 heavy (non-hydrogen) atoms. The molecular formula is C22H30N6O. The first-order valence-electron chi connectivity index (χ1n) is 10.9. The van der Waals surface area contributed by atoms with Crippen molar-refractivity contribution in [3.8, 4) is 0 Å². The van der Waals surface area contributed by atoms with Crippen molar-refractivity contribution in [1.82, 2.24) is 25.1 Å². The molecular weight excluding hydrogens is 364 g/mol. The second kappa shape index (κ2) is 8.24. The Labute approximate surface area is 172 Å². The average Bonchev–Trinajstić information content (AvgIpc) is 3.02. The number of hydrogen-bond acceptors (Lipinski definition) is 6. The highest BCUT2D eigenvalue weighted by Crippen LogP contribution is 2.36. The molecule has 2 fully saturated rings. The van der Waals surface area contributed by atoms with Crippen molar-refractivity contribution in [2.75, 3.05) is 26.3 Å². The third kappa shape index (κ3) is 3.94. The van der Waals surface area contributed by atoms with Crippen LogP contribution in [0.4, 0.5) is 0 Å². The van der Waals surface area contributed by atoms with E-state index in [9.17, 15) is 0 Å². The Bertz CT molecular complexity index is 875. The van der Waals surface area contributed by atoms with Gasteiger partial charge in [0.1, 0.15) is 5.71 Å². The van der Waals surface area contributed by atoms with Crippen molar-refractivity contribution >= 4 is 5.71 Å². The fourth-order valence-corrected chi connectivity index (χ4v) is 5.00. The van der Waals surface area contributed by atoms with E-state index in [0.717, 1.165) is 48.3 Å². The second-order valence-corrected chi connectivity index (χ2v) is 8.47. The van der Waals surface area contributed by atoms with E-state index in [2.05, 4.69) is 32.8 Å². The number of pyridine rings is 1. The molecule has 0 atom stereocenters. The molecule has 0 aromatic carbocycles. The number of fused-ring (bicyclic) bond motifs is 1. The predicted octanol–water partition coefficient (Wildman–Crippen LogP) is 2.42. The molecule has 7 heteroatoms. The van der Waals surface area contributed by atoms with E-state index in [-0.39, 0.29) is 0 Å². The zero-order valence-electron chi connectivity index (χ0n) is 17.2. The van der Waals surface area contributed by atoms with Crippen molar-refractivity contribution in [2.45, 2.75) is 50.6 Å². The summed E-state index contributed by atoms with van der Waals surface area (Å²) < 4.78 is 7.45. The van der Waals surface area contributed by atoms with Crippen LogP contribution in [0.15, 0.2) is 29.8 Å². The normalized spacial score (nSPS) is 25.6. The Balaban J connectivity index is 1.31. The third-order valence-electron chi connectivity index (χ3n) is 6.60. The van der Waals surface area contributed by atoms with Crippen LogP contribution in [0.2, 0.25) is 0 Å². The van der Waals surface area contributed by atoms with E-state index in [1.165, 1.54) is 44.2 Å². The van der Waals surface area contributed by atoms with Gasteiger partial charge in [-0.25, -0.2) is 0 Å². The molecule has 1 saturated heterocycles. The van der Waals surface area contributed by atoms with Gasteiger partial charge in [0.15, 0.2) is 0 Å². The Hall–Kier alpha value is -2.25. The molecule has 4 heterocycles. The molecule has 0 bridgehead atoms. The minimum atomic E-state index is 0.595. The molecule has 0 amide bonds. The SMILES string of the molecule is Cn1cc(C2=NNCc3ncc(C4CCC(N5CCCOCC5)CC4)cc32)cn1. The van der Waals surface area contributed by atoms with Gasteiger partial charge in [0.25, 0.3) is 0 Å². The number of aryl methyl sites for hydroxylation is 1. The summed E-state index contributed by atoms with van der Waals surface area (Å²) >= 11 is 0. The smallest absolute Gasteiger partial charge is 0.102 e. The summed E-state index contributed by atoms with van der Waals surface area (Å²) in [5.74, 6) is 0.595. The number of nitrogens with one attached hydrogen (secondary N) is 1. The first-order chi connectivity index (χ1) is 14.3. The van der Waals surface area contributed by atoms with Crippen LogP contribution in [0.1, 0.15) is 60.4 Å². The summed E-state index contributed by atoms with van der Waals surface area (Å²) in [6.07, 6.45) is 12.2. The quantitative estimate of drug-likeness (QED) is 0.866. The highest BCUT2D eigenvalue weighted by atomic mass is 16.5. The topological polar surface area (TPSA) is 67.6 Å². The molecule has 0 unspecified atom stereocenters. The maximum atomic E-state index is 5.63. The fourth-order valence-electron chi connectivity index (χ4n) is 5.00. The Morgan fingerprint density at radius 2 is 2.00 bits per heavy atom. The van der Waals surface area contributed by atoms with E-state index in [1.54, 1.807) is 0 Å². The lowest BCUT2D eigenvalue weighted by molar-refractivity contribution is 0.118. The number of hydrogen-bond donors (Lipinski definition) is 1. The maximum Gasteiger partial charge on any atom is 0.102 e. The highest BCUT2D eigenvalue weighted by Gasteiger charge is 2.28. The number of rotatable bonds is 3. The molecule has 2 aromatic rings. The van der Waals surface area contributed by atoms with E-state index in [4.69, 9.17) is 9.72 Å². The minimum absolute atomic E-state index is 0.595. The van der Waals surface area contributed by atoms with Crippen molar-refractivity contribution < 1.29 is 4.74 Å². The molecule has 2 aliphatic heterocycles. The molecule has 5 rings (SSSR count). The number of ether oxygens (including phenoxy) is 1. The van der Waals surface area contributed by atoms with Gasteiger partial charge in [0.2, 0.25) is 0 Å². The van der Waals surface area contributed by atoms with E-state index >= 15 is 0 Å². The third-order valence-corrected chi connectivity index (χ3v) is 6.60. The first kappa shape index (κ1) is 18.8. The summed E-state index contributed by atoms with van der Waals surface area (Å²) in [5.41, 5.74) is 8.69. The molecule has 3 aliphatic rings. The lowest BCUT2D eigenvalue weighted by Gasteiger charge is -2.36. The zero-order chi connectivity index (χ0) is 19.6. The summed E-state index contributed by atoms with van der Waals surface area (Å²) in [4.78, 5) is 7.46. The summed E-state index contributed by atoms with van der Waals surface area (Å²) in [5, 5.41) is 8.89. The molecule has 2 aromatic heterocycles. The van der Waals surface area contributed by atoms with Crippen molar-refractivity contribution in [3.05, 3.63) is 47.0 Å². The lowest BCUT2D eigenvalue weighted by Crippen LogP contribution is -2.39. The molecule has 1 saturated carbocycles. The predicted molar refractivity (Wildman–Crippen MR) is 112 cm³/mol. The largest absolute Gasteiger partial charge is 0.380 e.